The average molecular weight is 337 g/mol. The number of ketones is 1. The van der Waals surface area contributed by atoms with Crippen LogP contribution in [0, 0.1) is 0 Å². The van der Waals surface area contributed by atoms with E-state index in [1.54, 1.807) is 12.2 Å². The molecule has 1 saturated heterocycles. The van der Waals surface area contributed by atoms with Crippen LogP contribution in [-0.4, -0.2) is 38.9 Å². The Balaban J connectivity index is 1.43. The minimum absolute atomic E-state index is 0.0220. The molecule has 0 unspecified atom stereocenters. The zero-order chi connectivity index (χ0) is 17.1. The SMILES string of the molecule is O=C(C=Cc1ccc2c(c1)OCO2)c1ccc(N2CCOCC2)cc1. The molecule has 25 heavy (non-hydrogen) atoms. The van der Waals surface area contributed by atoms with E-state index in [4.69, 9.17) is 14.2 Å². The molecule has 2 aliphatic heterocycles. The first-order valence-electron chi connectivity index (χ1n) is 8.34. The monoisotopic (exact) mass is 337 g/mol. The third-order valence-electron chi connectivity index (χ3n) is 4.35. The molecule has 0 N–H and O–H groups in total. The second-order valence-corrected chi connectivity index (χ2v) is 5.96. The van der Waals surface area contributed by atoms with Crippen LogP contribution in [-0.2, 0) is 4.74 Å². The molecule has 0 aliphatic carbocycles. The van der Waals surface area contributed by atoms with Crippen LogP contribution in [0.4, 0.5) is 5.69 Å². The van der Waals surface area contributed by atoms with Crippen LogP contribution >= 0.6 is 0 Å². The number of hydrogen-bond acceptors (Lipinski definition) is 5. The summed E-state index contributed by atoms with van der Waals surface area (Å²) in [6.45, 7) is 3.52. The van der Waals surface area contributed by atoms with Gasteiger partial charge in [0, 0.05) is 24.3 Å². The van der Waals surface area contributed by atoms with Gasteiger partial charge in [0.25, 0.3) is 0 Å². The van der Waals surface area contributed by atoms with Gasteiger partial charge < -0.3 is 19.1 Å². The van der Waals surface area contributed by atoms with Gasteiger partial charge in [-0.25, -0.2) is 0 Å². The van der Waals surface area contributed by atoms with Crippen molar-refractivity contribution in [2.75, 3.05) is 38.0 Å². The molecule has 128 valence electrons. The van der Waals surface area contributed by atoms with Gasteiger partial charge in [0.1, 0.15) is 0 Å². The number of carbonyl (C=O) groups excluding carboxylic acids is 1. The lowest BCUT2D eigenvalue weighted by Gasteiger charge is -2.28. The lowest BCUT2D eigenvalue weighted by atomic mass is 10.1. The number of carbonyl (C=O) groups is 1. The van der Waals surface area contributed by atoms with Crippen molar-refractivity contribution in [3.63, 3.8) is 0 Å². The van der Waals surface area contributed by atoms with E-state index in [1.807, 2.05) is 42.5 Å². The third-order valence-corrected chi connectivity index (χ3v) is 4.35. The van der Waals surface area contributed by atoms with Gasteiger partial charge in [-0.3, -0.25) is 4.79 Å². The first kappa shape index (κ1) is 15.7. The van der Waals surface area contributed by atoms with Gasteiger partial charge >= 0.3 is 0 Å². The number of anilines is 1. The highest BCUT2D eigenvalue weighted by Gasteiger charge is 2.13. The van der Waals surface area contributed by atoms with E-state index in [1.165, 1.54) is 0 Å². The van der Waals surface area contributed by atoms with Crippen LogP contribution < -0.4 is 14.4 Å². The minimum Gasteiger partial charge on any atom is -0.454 e. The smallest absolute Gasteiger partial charge is 0.231 e. The lowest BCUT2D eigenvalue weighted by Crippen LogP contribution is -2.36. The summed E-state index contributed by atoms with van der Waals surface area (Å²) in [7, 11) is 0. The van der Waals surface area contributed by atoms with Crippen molar-refractivity contribution in [2.45, 2.75) is 0 Å². The first-order chi connectivity index (χ1) is 12.3. The highest BCUT2D eigenvalue weighted by atomic mass is 16.7. The van der Waals surface area contributed by atoms with Gasteiger partial charge in [-0.1, -0.05) is 12.1 Å². The molecule has 0 bridgehead atoms. The van der Waals surface area contributed by atoms with E-state index in [2.05, 4.69) is 4.90 Å². The van der Waals surface area contributed by atoms with Crippen molar-refractivity contribution in [3.8, 4) is 11.5 Å². The highest BCUT2D eigenvalue weighted by Crippen LogP contribution is 2.32. The van der Waals surface area contributed by atoms with Crippen molar-refractivity contribution >= 4 is 17.5 Å². The lowest BCUT2D eigenvalue weighted by molar-refractivity contribution is 0.104. The Bertz CT molecular complexity index is 792. The molecule has 0 radical (unpaired) electrons. The van der Waals surface area contributed by atoms with Gasteiger partial charge in [-0.2, -0.15) is 0 Å². The fourth-order valence-electron chi connectivity index (χ4n) is 2.94. The molecule has 2 heterocycles. The Kier molecular flexibility index (Phi) is 4.39. The largest absolute Gasteiger partial charge is 0.454 e. The van der Waals surface area contributed by atoms with Gasteiger partial charge in [0.2, 0.25) is 6.79 Å². The van der Waals surface area contributed by atoms with E-state index in [-0.39, 0.29) is 12.6 Å². The fraction of sp³-hybridized carbons (Fsp3) is 0.250. The maximum atomic E-state index is 12.4. The second-order valence-electron chi connectivity index (χ2n) is 5.96. The number of ether oxygens (including phenoxy) is 3. The molecule has 2 aromatic carbocycles. The number of hydrogen-bond donors (Lipinski definition) is 0. The van der Waals surface area contributed by atoms with Gasteiger partial charge in [0.05, 0.1) is 13.2 Å². The average Bonchev–Trinajstić information content (AvgIpc) is 3.15. The van der Waals surface area contributed by atoms with Crippen LogP contribution in [0.5, 0.6) is 11.5 Å². The zero-order valence-electron chi connectivity index (χ0n) is 13.8. The quantitative estimate of drug-likeness (QED) is 0.634. The maximum Gasteiger partial charge on any atom is 0.231 e. The van der Waals surface area contributed by atoms with Crippen molar-refractivity contribution in [3.05, 3.63) is 59.7 Å². The van der Waals surface area contributed by atoms with Crippen molar-refractivity contribution < 1.29 is 19.0 Å². The summed E-state index contributed by atoms with van der Waals surface area (Å²) in [5.74, 6) is 1.43. The summed E-state index contributed by atoms with van der Waals surface area (Å²) in [4.78, 5) is 14.6. The normalized spacial score (nSPS) is 16.4. The Labute approximate surface area is 146 Å². The molecule has 1 fully saturated rings. The fourth-order valence-corrected chi connectivity index (χ4v) is 2.94. The van der Waals surface area contributed by atoms with E-state index in [0.717, 1.165) is 43.3 Å². The molecule has 2 aliphatic rings. The molecular formula is C20H19NO4. The Morgan fingerprint density at radius 1 is 0.960 bits per heavy atom. The van der Waals surface area contributed by atoms with Crippen molar-refractivity contribution in [1.82, 2.24) is 0 Å². The van der Waals surface area contributed by atoms with E-state index < -0.39 is 0 Å². The number of nitrogens with zero attached hydrogens (tertiary/aromatic N) is 1. The number of rotatable bonds is 4. The molecule has 5 heteroatoms. The molecule has 0 amide bonds. The van der Waals surface area contributed by atoms with Crippen LogP contribution in [0.25, 0.3) is 6.08 Å². The zero-order valence-corrected chi connectivity index (χ0v) is 13.8. The summed E-state index contributed by atoms with van der Waals surface area (Å²) in [5.41, 5.74) is 2.70. The van der Waals surface area contributed by atoms with Gasteiger partial charge in [-0.15, -0.1) is 0 Å². The Morgan fingerprint density at radius 2 is 1.72 bits per heavy atom. The van der Waals surface area contributed by atoms with Crippen LogP contribution in [0.2, 0.25) is 0 Å². The molecule has 2 aromatic rings. The molecule has 0 saturated carbocycles. The molecular weight excluding hydrogens is 318 g/mol. The van der Waals surface area contributed by atoms with Crippen molar-refractivity contribution in [1.29, 1.82) is 0 Å². The van der Waals surface area contributed by atoms with Gasteiger partial charge in [0.15, 0.2) is 17.3 Å². The third kappa shape index (κ3) is 3.51. The van der Waals surface area contributed by atoms with E-state index in [0.29, 0.717) is 11.3 Å². The summed E-state index contributed by atoms with van der Waals surface area (Å²) >= 11 is 0. The Morgan fingerprint density at radius 3 is 2.52 bits per heavy atom. The maximum absolute atomic E-state index is 12.4. The molecule has 0 spiro atoms. The highest BCUT2D eigenvalue weighted by molar-refractivity contribution is 6.07. The molecule has 4 rings (SSSR count). The molecule has 0 aromatic heterocycles. The molecule has 5 nitrogen and oxygen atoms in total. The van der Waals surface area contributed by atoms with Crippen molar-refractivity contribution in [2.24, 2.45) is 0 Å². The predicted octanol–water partition coefficient (Wildman–Crippen LogP) is 3.15. The van der Waals surface area contributed by atoms with Crippen LogP contribution in [0.3, 0.4) is 0 Å². The standard InChI is InChI=1S/C20H19NO4/c22-18(7-1-15-2-8-19-20(13-15)25-14-24-19)16-3-5-17(6-4-16)21-9-11-23-12-10-21/h1-8,13H,9-12,14H2. The summed E-state index contributed by atoms with van der Waals surface area (Å²) in [6, 6.07) is 13.4. The second kappa shape index (κ2) is 6.99. The minimum atomic E-state index is -0.0220. The Hall–Kier alpha value is -2.79. The van der Waals surface area contributed by atoms with Crippen LogP contribution in [0.1, 0.15) is 15.9 Å². The number of fused-ring (bicyclic) bond motifs is 1. The molecule has 0 atom stereocenters. The summed E-state index contributed by atoms with van der Waals surface area (Å²) < 4.78 is 16.0. The van der Waals surface area contributed by atoms with E-state index in [9.17, 15) is 4.79 Å². The van der Waals surface area contributed by atoms with Crippen LogP contribution in [0.15, 0.2) is 48.5 Å². The summed E-state index contributed by atoms with van der Waals surface area (Å²) in [5, 5.41) is 0. The van der Waals surface area contributed by atoms with E-state index >= 15 is 0 Å². The predicted molar refractivity (Wildman–Crippen MR) is 95.4 cm³/mol. The number of morpholine rings is 1. The number of allylic oxidation sites excluding steroid dienone is 1. The van der Waals surface area contributed by atoms with Gasteiger partial charge in [-0.05, 0) is 48.0 Å². The first-order valence-corrected chi connectivity index (χ1v) is 8.34. The number of benzene rings is 2. The summed E-state index contributed by atoms with van der Waals surface area (Å²) in [6.07, 6.45) is 3.38. The topological polar surface area (TPSA) is 48.0 Å².